The van der Waals surface area contributed by atoms with E-state index in [4.69, 9.17) is 4.74 Å². The number of rotatable bonds is 8. The number of hydrogen-bond acceptors (Lipinski definition) is 9. The van der Waals surface area contributed by atoms with Gasteiger partial charge in [0.1, 0.15) is 5.52 Å². The molecule has 3 amide bonds. The van der Waals surface area contributed by atoms with Crippen LogP contribution in [0.25, 0.3) is 10.3 Å². The highest BCUT2D eigenvalue weighted by molar-refractivity contribution is 7.22. The molecule has 0 aliphatic carbocycles. The average molecular weight is 533 g/mol. The number of benzene rings is 1. The number of fused-ring (bicyclic) bond motifs is 1. The molecular formula is C26H28N8O3S. The largest absolute Gasteiger partial charge is 0.379 e. The third-order valence-corrected chi connectivity index (χ3v) is 7.08. The Labute approximate surface area is 223 Å². The van der Waals surface area contributed by atoms with Crippen molar-refractivity contribution in [2.75, 3.05) is 54.9 Å². The number of hydrogen-bond donors (Lipinski definition) is 2. The maximum absolute atomic E-state index is 13.3. The summed E-state index contributed by atoms with van der Waals surface area (Å²) in [5.41, 5.74) is 2.04. The van der Waals surface area contributed by atoms with Gasteiger partial charge in [-0.1, -0.05) is 41.7 Å². The predicted octanol–water partition coefficient (Wildman–Crippen LogP) is 3.59. The first-order valence-electron chi connectivity index (χ1n) is 12.3. The summed E-state index contributed by atoms with van der Waals surface area (Å²) in [4.78, 5) is 48.0. The molecule has 1 atom stereocenters. The van der Waals surface area contributed by atoms with Crippen molar-refractivity contribution in [3.63, 3.8) is 0 Å². The molecule has 0 spiro atoms. The lowest BCUT2D eigenvalue weighted by atomic mass is 10.0. The zero-order chi connectivity index (χ0) is 26.3. The molecule has 0 bridgehead atoms. The second-order valence-electron chi connectivity index (χ2n) is 8.78. The van der Waals surface area contributed by atoms with Crippen molar-refractivity contribution in [1.29, 1.82) is 0 Å². The second-order valence-corrected chi connectivity index (χ2v) is 9.76. The maximum Gasteiger partial charge on any atom is 0.328 e. The number of carbonyl (C=O) groups is 2. The number of ether oxygens (including phenoxy) is 1. The summed E-state index contributed by atoms with van der Waals surface area (Å²) in [7, 11) is 0. The summed E-state index contributed by atoms with van der Waals surface area (Å²) in [6.45, 7) is 5.82. The van der Waals surface area contributed by atoms with Crippen LogP contribution in [0.2, 0.25) is 0 Å². The minimum atomic E-state index is -0.361. The molecule has 0 radical (unpaired) electrons. The minimum Gasteiger partial charge on any atom is -0.379 e. The highest BCUT2D eigenvalue weighted by atomic mass is 32.1. The molecule has 0 saturated carbocycles. The Morgan fingerprint density at radius 1 is 1.08 bits per heavy atom. The van der Waals surface area contributed by atoms with Crippen molar-refractivity contribution in [3.05, 3.63) is 66.6 Å². The van der Waals surface area contributed by atoms with Gasteiger partial charge in [0.05, 0.1) is 37.2 Å². The average Bonchev–Trinajstić information content (AvgIpc) is 3.36. The number of amides is 3. The van der Waals surface area contributed by atoms with Crippen molar-refractivity contribution in [2.45, 2.75) is 12.8 Å². The van der Waals surface area contributed by atoms with Gasteiger partial charge in [-0.15, -0.1) is 0 Å². The molecule has 1 aliphatic heterocycles. The Balaban J connectivity index is 1.34. The van der Waals surface area contributed by atoms with Crippen LogP contribution in [-0.4, -0.2) is 76.2 Å². The third kappa shape index (κ3) is 6.28. The van der Waals surface area contributed by atoms with E-state index in [2.05, 4.69) is 35.5 Å². The molecule has 4 aromatic rings. The summed E-state index contributed by atoms with van der Waals surface area (Å²) in [6.07, 6.45) is 4.80. The molecule has 38 heavy (non-hydrogen) atoms. The van der Waals surface area contributed by atoms with Crippen LogP contribution in [0.4, 0.5) is 21.6 Å². The third-order valence-electron chi connectivity index (χ3n) is 6.20. The maximum atomic E-state index is 13.3. The van der Waals surface area contributed by atoms with Crippen LogP contribution in [0.15, 0.2) is 61.1 Å². The Morgan fingerprint density at radius 3 is 2.66 bits per heavy atom. The number of anilines is 3. The molecule has 1 fully saturated rings. The predicted molar refractivity (Wildman–Crippen MR) is 147 cm³/mol. The molecule has 2 N–H and O–H groups in total. The number of urea groups is 1. The van der Waals surface area contributed by atoms with Gasteiger partial charge in [-0.2, -0.15) is 4.98 Å². The molecule has 12 heteroatoms. The normalized spacial score (nSPS) is 14.7. The first kappa shape index (κ1) is 25.6. The van der Waals surface area contributed by atoms with Gasteiger partial charge in [0.25, 0.3) is 0 Å². The van der Waals surface area contributed by atoms with E-state index in [0.717, 1.165) is 18.7 Å². The van der Waals surface area contributed by atoms with E-state index in [1.165, 1.54) is 16.2 Å². The summed E-state index contributed by atoms with van der Waals surface area (Å²) >= 11 is 1.24. The number of pyridine rings is 1. The first-order chi connectivity index (χ1) is 18.6. The molecule has 196 valence electrons. The van der Waals surface area contributed by atoms with Gasteiger partial charge in [0, 0.05) is 32.4 Å². The fourth-order valence-corrected chi connectivity index (χ4v) is 4.81. The summed E-state index contributed by atoms with van der Waals surface area (Å²) in [5.74, 6) is -0.241. The number of nitrogens with zero attached hydrogens (tertiary/aromatic N) is 6. The van der Waals surface area contributed by atoms with E-state index < -0.39 is 0 Å². The summed E-state index contributed by atoms with van der Waals surface area (Å²) in [6, 6.07) is 12.7. The van der Waals surface area contributed by atoms with E-state index in [9.17, 15) is 9.59 Å². The lowest BCUT2D eigenvalue weighted by Crippen LogP contribution is -2.45. The van der Waals surface area contributed by atoms with Crippen LogP contribution in [0.3, 0.4) is 0 Å². The van der Waals surface area contributed by atoms with Crippen molar-refractivity contribution < 1.29 is 14.3 Å². The van der Waals surface area contributed by atoms with E-state index in [1.54, 1.807) is 30.7 Å². The summed E-state index contributed by atoms with van der Waals surface area (Å²) < 4.78 is 5.43. The monoisotopic (exact) mass is 532 g/mol. The van der Waals surface area contributed by atoms with Crippen molar-refractivity contribution in [2.24, 2.45) is 0 Å². The van der Waals surface area contributed by atoms with Crippen LogP contribution in [-0.2, 0) is 9.53 Å². The van der Waals surface area contributed by atoms with Crippen LogP contribution in [0.5, 0.6) is 0 Å². The van der Waals surface area contributed by atoms with Crippen LogP contribution in [0.1, 0.15) is 18.4 Å². The Kier molecular flexibility index (Phi) is 8.12. The Morgan fingerprint density at radius 2 is 1.89 bits per heavy atom. The van der Waals surface area contributed by atoms with Gasteiger partial charge in [-0.05, 0) is 24.6 Å². The number of thiazole rings is 1. The molecule has 5 rings (SSSR count). The molecule has 3 aromatic heterocycles. The number of aromatic nitrogens is 4. The lowest BCUT2D eigenvalue weighted by Gasteiger charge is -2.29. The van der Waals surface area contributed by atoms with Crippen molar-refractivity contribution in [1.82, 2.24) is 24.8 Å². The van der Waals surface area contributed by atoms with Gasteiger partial charge in [-0.3, -0.25) is 19.6 Å². The lowest BCUT2D eigenvalue weighted by molar-refractivity contribution is -0.117. The van der Waals surface area contributed by atoms with E-state index in [-0.39, 0.29) is 23.8 Å². The van der Waals surface area contributed by atoms with Crippen LogP contribution < -0.4 is 15.5 Å². The summed E-state index contributed by atoms with van der Waals surface area (Å²) in [5, 5.41) is 6.18. The van der Waals surface area contributed by atoms with E-state index >= 15 is 0 Å². The molecule has 4 heterocycles. The van der Waals surface area contributed by atoms with Gasteiger partial charge in [0.15, 0.2) is 9.96 Å². The molecule has 1 aliphatic rings. The number of carbonyl (C=O) groups excluding carboxylic acids is 2. The fourth-order valence-electron chi connectivity index (χ4n) is 4.00. The van der Waals surface area contributed by atoms with Gasteiger partial charge < -0.3 is 15.4 Å². The van der Waals surface area contributed by atoms with Gasteiger partial charge >= 0.3 is 6.03 Å². The smallest absolute Gasteiger partial charge is 0.328 e. The quantitative estimate of drug-likeness (QED) is 0.353. The van der Waals surface area contributed by atoms with Crippen molar-refractivity contribution >= 4 is 50.4 Å². The van der Waals surface area contributed by atoms with Gasteiger partial charge in [-0.25, -0.2) is 14.8 Å². The Bertz CT molecular complexity index is 1380. The topological polar surface area (TPSA) is 125 Å². The van der Waals surface area contributed by atoms with Crippen LogP contribution in [0, 0.1) is 0 Å². The SMILES string of the molecule is CC(C(=O)Nc1nc2cnc(N(CCN3CCOCC3)C(=O)Nc3cccnc3)nc2s1)c1ccccc1. The number of nitrogens with one attached hydrogen (secondary N) is 2. The molecule has 1 aromatic carbocycles. The second kappa shape index (κ2) is 12.0. The Hall–Kier alpha value is -4.00. The molecule has 1 saturated heterocycles. The fraction of sp³-hybridized carbons (Fsp3) is 0.308. The highest BCUT2D eigenvalue weighted by Crippen LogP contribution is 2.27. The van der Waals surface area contributed by atoms with Gasteiger partial charge in [0.2, 0.25) is 11.9 Å². The van der Waals surface area contributed by atoms with Crippen LogP contribution >= 0.6 is 11.3 Å². The minimum absolute atomic E-state index is 0.161. The highest BCUT2D eigenvalue weighted by Gasteiger charge is 2.23. The molecular weight excluding hydrogens is 504 g/mol. The standard InChI is InChI=1S/C26H28N8O3S/c1-18(19-6-3-2-4-7-19)22(35)31-25-30-21-17-28-24(32-23(21)38-25)34(11-10-33-12-14-37-15-13-33)26(36)29-20-8-5-9-27-16-20/h2-9,16-18H,10-15H2,1H3,(H,29,36)(H,30,31,35). The molecule has 11 nitrogen and oxygen atoms in total. The zero-order valence-corrected chi connectivity index (χ0v) is 21.7. The van der Waals surface area contributed by atoms with E-state index in [1.807, 2.05) is 37.3 Å². The first-order valence-corrected chi connectivity index (χ1v) is 13.2. The zero-order valence-electron chi connectivity index (χ0n) is 20.9. The van der Waals surface area contributed by atoms with Crippen molar-refractivity contribution in [3.8, 4) is 0 Å². The van der Waals surface area contributed by atoms with E-state index in [0.29, 0.717) is 47.5 Å². The number of morpholine rings is 1. The molecule has 1 unspecified atom stereocenters.